The number of halogens is 1. The standard InChI is InChI=1S/C10H16ClN3O4/c1-7(12-10(17)13-8(15)6-11)9(16)14-2-4-18-5-3-14/h7H,2-6H2,1H3,(H2,12,13,15,17). The zero-order valence-corrected chi connectivity index (χ0v) is 10.8. The molecule has 1 rings (SSSR count). The van der Waals surface area contributed by atoms with E-state index >= 15 is 0 Å². The van der Waals surface area contributed by atoms with Crippen molar-refractivity contribution in [1.82, 2.24) is 15.5 Å². The van der Waals surface area contributed by atoms with E-state index in [1.165, 1.54) is 0 Å². The van der Waals surface area contributed by atoms with Gasteiger partial charge < -0.3 is 15.0 Å². The number of nitrogens with one attached hydrogen (secondary N) is 2. The van der Waals surface area contributed by atoms with Gasteiger partial charge in [-0.2, -0.15) is 0 Å². The Balaban J connectivity index is 2.38. The second-order valence-corrected chi connectivity index (χ2v) is 4.08. The van der Waals surface area contributed by atoms with Gasteiger partial charge in [0.15, 0.2) is 0 Å². The lowest BCUT2D eigenvalue weighted by Crippen LogP contribution is -2.53. The first kappa shape index (κ1) is 14.7. The van der Waals surface area contributed by atoms with Crippen molar-refractivity contribution in [3.8, 4) is 0 Å². The minimum atomic E-state index is -0.727. The SMILES string of the molecule is CC(NC(=O)NC(=O)CCl)C(=O)N1CCOCC1. The summed E-state index contributed by atoms with van der Waals surface area (Å²) in [7, 11) is 0. The highest BCUT2D eigenvalue weighted by Crippen LogP contribution is 2.00. The number of hydrogen-bond donors (Lipinski definition) is 2. The van der Waals surface area contributed by atoms with Crippen LogP contribution in [0.3, 0.4) is 0 Å². The van der Waals surface area contributed by atoms with Gasteiger partial charge in [-0.15, -0.1) is 11.6 Å². The van der Waals surface area contributed by atoms with Gasteiger partial charge in [0.05, 0.1) is 13.2 Å². The zero-order valence-electron chi connectivity index (χ0n) is 10.1. The maximum Gasteiger partial charge on any atom is 0.322 e. The molecule has 2 N–H and O–H groups in total. The highest BCUT2D eigenvalue weighted by atomic mass is 35.5. The highest BCUT2D eigenvalue weighted by molar-refractivity contribution is 6.28. The molecule has 1 unspecified atom stereocenters. The van der Waals surface area contributed by atoms with Gasteiger partial charge in [0.25, 0.3) is 0 Å². The van der Waals surface area contributed by atoms with Crippen LogP contribution in [0.5, 0.6) is 0 Å². The molecule has 4 amide bonds. The van der Waals surface area contributed by atoms with Crippen LogP contribution in [0, 0.1) is 0 Å². The monoisotopic (exact) mass is 277 g/mol. The molecule has 0 aromatic rings. The third-order valence-corrected chi connectivity index (χ3v) is 2.66. The number of imide groups is 1. The summed E-state index contributed by atoms with van der Waals surface area (Å²) in [6, 6.07) is -1.43. The number of ether oxygens (including phenoxy) is 1. The van der Waals surface area contributed by atoms with Crippen molar-refractivity contribution >= 4 is 29.4 Å². The fourth-order valence-electron chi connectivity index (χ4n) is 1.51. The second-order valence-electron chi connectivity index (χ2n) is 3.81. The van der Waals surface area contributed by atoms with Gasteiger partial charge in [-0.05, 0) is 6.92 Å². The van der Waals surface area contributed by atoms with Crippen LogP contribution >= 0.6 is 11.6 Å². The molecule has 0 aromatic carbocycles. The molecule has 7 nitrogen and oxygen atoms in total. The largest absolute Gasteiger partial charge is 0.378 e. The number of rotatable bonds is 3. The number of carbonyl (C=O) groups excluding carboxylic acids is 3. The van der Waals surface area contributed by atoms with E-state index < -0.39 is 18.0 Å². The van der Waals surface area contributed by atoms with Gasteiger partial charge in [-0.25, -0.2) is 4.79 Å². The van der Waals surface area contributed by atoms with Gasteiger partial charge >= 0.3 is 6.03 Å². The van der Waals surface area contributed by atoms with Crippen LogP contribution in [-0.4, -0.2) is 61.0 Å². The van der Waals surface area contributed by atoms with E-state index in [-0.39, 0.29) is 11.8 Å². The fraction of sp³-hybridized carbons (Fsp3) is 0.700. The predicted octanol–water partition coefficient (Wildman–Crippen LogP) is -0.702. The minimum absolute atomic E-state index is 0.202. The summed E-state index contributed by atoms with van der Waals surface area (Å²) in [5.74, 6) is -1.12. The lowest BCUT2D eigenvalue weighted by Gasteiger charge is -2.29. The molecule has 1 aliphatic heterocycles. The van der Waals surface area contributed by atoms with E-state index in [2.05, 4.69) is 5.32 Å². The molecule has 8 heteroatoms. The molecule has 0 aromatic heterocycles. The summed E-state index contributed by atoms with van der Waals surface area (Å²) in [4.78, 5) is 35.7. The topological polar surface area (TPSA) is 87.7 Å². The van der Waals surface area contributed by atoms with Gasteiger partial charge in [-0.1, -0.05) is 0 Å². The highest BCUT2D eigenvalue weighted by Gasteiger charge is 2.23. The van der Waals surface area contributed by atoms with E-state index in [9.17, 15) is 14.4 Å². The van der Waals surface area contributed by atoms with Crippen LogP contribution in [0.4, 0.5) is 4.79 Å². The molecule has 1 atom stereocenters. The maximum atomic E-state index is 11.9. The fourth-order valence-corrected chi connectivity index (χ4v) is 1.58. The van der Waals surface area contributed by atoms with Crippen molar-refractivity contribution in [2.75, 3.05) is 32.2 Å². The zero-order chi connectivity index (χ0) is 13.5. The molecule has 1 fully saturated rings. The Morgan fingerprint density at radius 3 is 2.50 bits per heavy atom. The number of morpholine rings is 1. The Kier molecular flexibility index (Phi) is 5.87. The summed E-state index contributed by atoms with van der Waals surface area (Å²) < 4.78 is 5.12. The van der Waals surface area contributed by atoms with Crippen molar-refractivity contribution in [2.24, 2.45) is 0 Å². The van der Waals surface area contributed by atoms with E-state index in [1.807, 2.05) is 5.32 Å². The van der Waals surface area contributed by atoms with Crippen LogP contribution in [0.15, 0.2) is 0 Å². The van der Waals surface area contributed by atoms with Gasteiger partial charge in [0.2, 0.25) is 11.8 Å². The molecule has 18 heavy (non-hydrogen) atoms. The van der Waals surface area contributed by atoms with E-state index in [0.717, 1.165) is 0 Å². The number of nitrogens with zero attached hydrogens (tertiary/aromatic N) is 1. The lowest BCUT2D eigenvalue weighted by molar-refractivity contribution is -0.136. The van der Waals surface area contributed by atoms with E-state index in [0.29, 0.717) is 26.3 Å². The number of amides is 4. The van der Waals surface area contributed by atoms with E-state index in [1.54, 1.807) is 11.8 Å². The van der Waals surface area contributed by atoms with Crippen LogP contribution < -0.4 is 10.6 Å². The molecule has 0 aliphatic carbocycles. The summed E-state index contributed by atoms with van der Waals surface area (Å²) in [5, 5.41) is 4.38. The summed E-state index contributed by atoms with van der Waals surface area (Å²) in [6.07, 6.45) is 0. The summed E-state index contributed by atoms with van der Waals surface area (Å²) in [5.41, 5.74) is 0. The van der Waals surface area contributed by atoms with Gasteiger partial charge in [-0.3, -0.25) is 14.9 Å². The van der Waals surface area contributed by atoms with Crippen molar-refractivity contribution in [2.45, 2.75) is 13.0 Å². The first-order chi connectivity index (χ1) is 8.54. The molecule has 1 aliphatic rings. The van der Waals surface area contributed by atoms with Gasteiger partial charge in [0, 0.05) is 13.1 Å². The third-order valence-electron chi connectivity index (χ3n) is 2.42. The number of urea groups is 1. The predicted molar refractivity (Wildman–Crippen MR) is 64.3 cm³/mol. The Labute approximate surface area is 110 Å². The van der Waals surface area contributed by atoms with Crippen LogP contribution in [0.1, 0.15) is 6.92 Å². The maximum absolute atomic E-state index is 11.9. The normalized spacial score (nSPS) is 16.9. The molecule has 1 saturated heterocycles. The average Bonchev–Trinajstić information content (AvgIpc) is 2.38. The first-order valence-electron chi connectivity index (χ1n) is 5.57. The van der Waals surface area contributed by atoms with Crippen molar-refractivity contribution < 1.29 is 19.1 Å². The Morgan fingerprint density at radius 1 is 1.33 bits per heavy atom. The van der Waals surface area contributed by atoms with Crippen molar-refractivity contribution in [3.05, 3.63) is 0 Å². The van der Waals surface area contributed by atoms with Crippen LogP contribution in [0.2, 0.25) is 0 Å². The quantitative estimate of drug-likeness (QED) is 0.668. The average molecular weight is 278 g/mol. The molecule has 102 valence electrons. The molecule has 0 saturated carbocycles. The molecular formula is C10H16ClN3O4. The Hall–Kier alpha value is -1.34. The second kappa shape index (κ2) is 7.17. The smallest absolute Gasteiger partial charge is 0.322 e. The summed E-state index contributed by atoms with van der Waals surface area (Å²) >= 11 is 5.24. The number of alkyl halides is 1. The van der Waals surface area contributed by atoms with E-state index in [4.69, 9.17) is 16.3 Å². The molecule has 0 spiro atoms. The minimum Gasteiger partial charge on any atom is -0.378 e. The molecule has 0 bridgehead atoms. The Bertz CT molecular complexity index is 331. The molecule has 0 radical (unpaired) electrons. The lowest BCUT2D eigenvalue weighted by atomic mass is 10.2. The summed E-state index contributed by atoms with van der Waals surface area (Å²) in [6.45, 7) is 3.56. The number of carbonyl (C=O) groups is 3. The first-order valence-corrected chi connectivity index (χ1v) is 6.11. The van der Waals surface area contributed by atoms with Crippen molar-refractivity contribution in [1.29, 1.82) is 0 Å². The third kappa shape index (κ3) is 4.50. The van der Waals surface area contributed by atoms with Crippen LogP contribution in [0.25, 0.3) is 0 Å². The number of hydrogen-bond acceptors (Lipinski definition) is 4. The van der Waals surface area contributed by atoms with Crippen molar-refractivity contribution in [3.63, 3.8) is 0 Å². The van der Waals surface area contributed by atoms with Crippen LogP contribution in [-0.2, 0) is 14.3 Å². The molecule has 1 heterocycles. The Morgan fingerprint density at radius 2 is 1.94 bits per heavy atom. The molecular weight excluding hydrogens is 262 g/mol. The van der Waals surface area contributed by atoms with Gasteiger partial charge in [0.1, 0.15) is 11.9 Å².